The van der Waals surface area contributed by atoms with Gasteiger partial charge in [0.25, 0.3) is 5.91 Å². The Labute approximate surface area is 149 Å². The number of ether oxygens (including phenoxy) is 1. The van der Waals surface area contributed by atoms with E-state index >= 15 is 0 Å². The molecule has 0 aromatic heterocycles. The van der Waals surface area contributed by atoms with Gasteiger partial charge in [-0.15, -0.1) is 6.58 Å². The van der Waals surface area contributed by atoms with Crippen LogP contribution in [-0.4, -0.2) is 49.2 Å². The zero-order chi connectivity index (χ0) is 18.2. The highest BCUT2D eigenvalue weighted by molar-refractivity contribution is 5.95. The Bertz CT molecular complexity index is 598. The maximum atomic E-state index is 12.6. The highest BCUT2D eigenvalue weighted by atomic mass is 16.5. The zero-order valence-electron chi connectivity index (χ0n) is 15.0. The number of hydrogen-bond donors (Lipinski definition) is 2. The number of rotatable bonds is 6. The lowest BCUT2D eigenvalue weighted by molar-refractivity contribution is 0.00857. The van der Waals surface area contributed by atoms with E-state index in [0.29, 0.717) is 43.5 Å². The summed E-state index contributed by atoms with van der Waals surface area (Å²) in [5, 5.41) is 5.63. The molecule has 0 spiro atoms. The average molecular weight is 345 g/mol. The Morgan fingerprint density at radius 2 is 2.08 bits per heavy atom. The van der Waals surface area contributed by atoms with Crippen molar-refractivity contribution >= 4 is 17.6 Å². The van der Waals surface area contributed by atoms with Crippen molar-refractivity contribution in [2.24, 2.45) is 5.92 Å². The molecule has 136 valence electrons. The predicted molar refractivity (Wildman–Crippen MR) is 98.8 cm³/mol. The molecule has 1 heterocycles. The summed E-state index contributed by atoms with van der Waals surface area (Å²) in [5.41, 5.74) is 1.21. The van der Waals surface area contributed by atoms with Crippen LogP contribution in [0.5, 0.6) is 0 Å². The van der Waals surface area contributed by atoms with Gasteiger partial charge >= 0.3 is 6.03 Å². The molecular weight excluding hydrogens is 318 g/mol. The molecule has 6 nitrogen and oxygen atoms in total. The van der Waals surface area contributed by atoms with Gasteiger partial charge in [0.1, 0.15) is 0 Å². The summed E-state index contributed by atoms with van der Waals surface area (Å²) in [6.45, 7) is 9.99. The van der Waals surface area contributed by atoms with E-state index in [1.54, 1.807) is 30.3 Å². The van der Waals surface area contributed by atoms with E-state index in [-0.39, 0.29) is 18.0 Å². The molecule has 1 aromatic carbocycles. The van der Waals surface area contributed by atoms with E-state index in [1.165, 1.54) is 0 Å². The van der Waals surface area contributed by atoms with Crippen LogP contribution < -0.4 is 10.6 Å². The smallest absolute Gasteiger partial charge is 0.322 e. The van der Waals surface area contributed by atoms with E-state index in [4.69, 9.17) is 4.74 Å². The lowest BCUT2D eigenvalue weighted by atomic mass is 10.0. The maximum absolute atomic E-state index is 12.6. The molecule has 6 heteroatoms. The molecule has 1 saturated heterocycles. The second kappa shape index (κ2) is 9.22. The van der Waals surface area contributed by atoms with E-state index in [1.807, 2.05) is 4.90 Å². The molecule has 2 rings (SSSR count). The van der Waals surface area contributed by atoms with Gasteiger partial charge in [0.2, 0.25) is 0 Å². The number of carbonyl (C=O) groups is 2. The summed E-state index contributed by atoms with van der Waals surface area (Å²) < 4.78 is 5.51. The zero-order valence-corrected chi connectivity index (χ0v) is 15.0. The normalized spacial score (nSPS) is 17.2. The fourth-order valence-electron chi connectivity index (χ4n) is 2.83. The van der Waals surface area contributed by atoms with E-state index in [2.05, 4.69) is 31.1 Å². The Hall–Kier alpha value is -2.34. The van der Waals surface area contributed by atoms with Gasteiger partial charge in [-0.1, -0.05) is 19.9 Å². The number of nitrogens with one attached hydrogen (secondary N) is 2. The van der Waals surface area contributed by atoms with Gasteiger partial charge in [0, 0.05) is 24.3 Å². The molecule has 1 fully saturated rings. The van der Waals surface area contributed by atoms with Crippen LogP contribution in [0.25, 0.3) is 0 Å². The third-order valence-corrected chi connectivity index (χ3v) is 4.04. The monoisotopic (exact) mass is 345 g/mol. The molecule has 0 saturated carbocycles. The molecule has 1 aliphatic rings. The maximum Gasteiger partial charge on any atom is 0.322 e. The molecule has 1 aromatic rings. The SMILES string of the molecule is C=CCNC(=O)c1ccc(NC(=O)N2CCOCC2CC(C)C)cc1. The fraction of sp³-hybridized carbons (Fsp3) is 0.474. The van der Waals surface area contributed by atoms with Crippen LogP contribution in [-0.2, 0) is 4.74 Å². The molecule has 0 aliphatic carbocycles. The van der Waals surface area contributed by atoms with Gasteiger partial charge < -0.3 is 20.3 Å². The number of morpholine rings is 1. The first kappa shape index (κ1) is 19.0. The minimum Gasteiger partial charge on any atom is -0.377 e. The van der Waals surface area contributed by atoms with Crippen molar-refractivity contribution in [2.45, 2.75) is 26.3 Å². The summed E-state index contributed by atoms with van der Waals surface area (Å²) in [6.07, 6.45) is 2.54. The highest BCUT2D eigenvalue weighted by Crippen LogP contribution is 2.18. The Morgan fingerprint density at radius 1 is 1.36 bits per heavy atom. The summed E-state index contributed by atoms with van der Waals surface area (Å²) >= 11 is 0. The van der Waals surface area contributed by atoms with Gasteiger partial charge in [0.05, 0.1) is 19.3 Å². The second-order valence-corrected chi connectivity index (χ2v) is 6.56. The molecule has 1 aliphatic heterocycles. The Morgan fingerprint density at radius 3 is 2.72 bits per heavy atom. The lowest BCUT2D eigenvalue weighted by Crippen LogP contribution is -2.50. The number of benzene rings is 1. The standard InChI is InChI=1S/C19H27N3O3/c1-4-9-20-18(23)15-5-7-16(8-6-15)21-19(24)22-10-11-25-13-17(22)12-14(2)3/h4-8,14,17H,1,9-13H2,2-3H3,(H,20,23)(H,21,24). The molecule has 1 atom stereocenters. The van der Waals surface area contributed by atoms with E-state index < -0.39 is 0 Å². The van der Waals surface area contributed by atoms with Crippen LogP contribution in [0.1, 0.15) is 30.6 Å². The third kappa shape index (κ3) is 5.60. The minimum absolute atomic E-state index is 0.0951. The topological polar surface area (TPSA) is 70.7 Å². The molecule has 2 N–H and O–H groups in total. The van der Waals surface area contributed by atoms with Crippen molar-refractivity contribution in [2.75, 3.05) is 31.6 Å². The number of hydrogen-bond acceptors (Lipinski definition) is 3. The first-order valence-corrected chi connectivity index (χ1v) is 8.65. The summed E-state index contributed by atoms with van der Waals surface area (Å²) in [7, 11) is 0. The first-order chi connectivity index (χ1) is 12.0. The highest BCUT2D eigenvalue weighted by Gasteiger charge is 2.27. The number of nitrogens with zero attached hydrogens (tertiary/aromatic N) is 1. The number of amides is 3. The van der Waals surface area contributed by atoms with Crippen molar-refractivity contribution in [3.05, 3.63) is 42.5 Å². The van der Waals surface area contributed by atoms with Crippen LogP contribution in [0.2, 0.25) is 0 Å². The Balaban J connectivity index is 1.97. The van der Waals surface area contributed by atoms with Crippen molar-refractivity contribution in [3.8, 4) is 0 Å². The Kier molecular flexibility index (Phi) is 7.01. The van der Waals surface area contributed by atoms with Crippen molar-refractivity contribution in [1.82, 2.24) is 10.2 Å². The largest absolute Gasteiger partial charge is 0.377 e. The van der Waals surface area contributed by atoms with Crippen LogP contribution in [0.15, 0.2) is 36.9 Å². The van der Waals surface area contributed by atoms with E-state index in [0.717, 1.165) is 6.42 Å². The quantitative estimate of drug-likeness (QED) is 0.779. The van der Waals surface area contributed by atoms with Gasteiger partial charge in [0.15, 0.2) is 0 Å². The van der Waals surface area contributed by atoms with Gasteiger partial charge in [-0.3, -0.25) is 4.79 Å². The summed E-state index contributed by atoms with van der Waals surface area (Å²) in [4.78, 5) is 26.3. The predicted octanol–water partition coefficient (Wildman–Crippen LogP) is 2.88. The van der Waals surface area contributed by atoms with Crippen molar-refractivity contribution in [1.29, 1.82) is 0 Å². The molecule has 0 radical (unpaired) electrons. The summed E-state index contributed by atoms with van der Waals surface area (Å²) in [5.74, 6) is 0.332. The van der Waals surface area contributed by atoms with Gasteiger partial charge in [-0.2, -0.15) is 0 Å². The van der Waals surface area contributed by atoms with Crippen molar-refractivity contribution in [3.63, 3.8) is 0 Å². The number of urea groups is 1. The minimum atomic E-state index is -0.164. The van der Waals surface area contributed by atoms with Gasteiger partial charge in [-0.05, 0) is 36.6 Å². The lowest BCUT2D eigenvalue weighted by Gasteiger charge is -2.36. The molecule has 0 bridgehead atoms. The first-order valence-electron chi connectivity index (χ1n) is 8.65. The van der Waals surface area contributed by atoms with E-state index in [9.17, 15) is 9.59 Å². The van der Waals surface area contributed by atoms with Crippen LogP contribution in [0, 0.1) is 5.92 Å². The van der Waals surface area contributed by atoms with Crippen molar-refractivity contribution < 1.29 is 14.3 Å². The van der Waals surface area contributed by atoms with Gasteiger partial charge in [-0.25, -0.2) is 4.79 Å². The number of carbonyl (C=O) groups excluding carboxylic acids is 2. The number of anilines is 1. The van der Waals surface area contributed by atoms with Crippen LogP contribution >= 0.6 is 0 Å². The van der Waals surface area contributed by atoms with Crippen LogP contribution in [0.3, 0.4) is 0 Å². The molecule has 3 amide bonds. The average Bonchev–Trinajstić information content (AvgIpc) is 2.60. The molecule has 25 heavy (non-hydrogen) atoms. The third-order valence-electron chi connectivity index (χ3n) is 4.04. The summed E-state index contributed by atoms with van der Waals surface area (Å²) in [6, 6.07) is 6.82. The fourth-order valence-corrected chi connectivity index (χ4v) is 2.83. The van der Waals surface area contributed by atoms with Crippen LogP contribution in [0.4, 0.5) is 10.5 Å². The molecule has 1 unspecified atom stereocenters. The molecular formula is C19H27N3O3. The second-order valence-electron chi connectivity index (χ2n) is 6.56.